The molecule has 0 radical (unpaired) electrons. The lowest BCUT2D eigenvalue weighted by Crippen LogP contribution is -2.05. The number of hydrogen-bond donors (Lipinski definition) is 2. The first-order chi connectivity index (χ1) is 9.26. The molecule has 0 fully saturated rings. The second-order valence-electron chi connectivity index (χ2n) is 3.92. The second kappa shape index (κ2) is 4.81. The number of hydrogen-bond acceptors (Lipinski definition) is 8. The number of aromatic nitrogens is 4. The van der Waals surface area contributed by atoms with Gasteiger partial charge in [-0.25, -0.2) is 4.98 Å². The Kier molecular flexibility index (Phi) is 3.00. The largest absolute Gasteiger partial charge is 0.362 e. The van der Waals surface area contributed by atoms with Gasteiger partial charge < -0.3 is 15.2 Å². The Morgan fingerprint density at radius 3 is 3.00 bits per heavy atom. The summed E-state index contributed by atoms with van der Waals surface area (Å²) in [4.78, 5) is 15.0. The van der Waals surface area contributed by atoms with Crippen LogP contribution in [0.5, 0.6) is 0 Å². The molecule has 0 aliphatic rings. The maximum Gasteiger partial charge on any atom is 0.225 e. The van der Waals surface area contributed by atoms with E-state index in [1.165, 1.54) is 11.3 Å². The molecule has 2 N–H and O–H groups in total. The van der Waals surface area contributed by atoms with E-state index in [2.05, 4.69) is 36.8 Å². The minimum atomic E-state index is 0.459. The van der Waals surface area contributed by atoms with Crippen LogP contribution in [0, 0.1) is 6.92 Å². The quantitative estimate of drug-likeness (QED) is 0.753. The number of fused-ring (bicyclic) bond motifs is 1. The molecule has 19 heavy (non-hydrogen) atoms. The van der Waals surface area contributed by atoms with Crippen LogP contribution in [0.4, 0.5) is 11.8 Å². The molecule has 0 spiro atoms. The fourth-order valence-corrected chi connectivity index (χ4v) is 2.60. The van der Waals surface area contributed by atoms with Gasteiger partial charge >= 0.3 is 0 Å². The van der Waals surface area contributed by atoms with Crippen molar-refractivity contribution in [2.45, 2.75) is 13.5 Å². The Morgan fingerprint density at radius 1 is 1.37 bits per heavy atom. The Bertz CT molecular complexity index is 693. The molecule has 0 atom stereocenters. The first-order valence-electron chi connectivity index (χ1n) is 5.71. The normalized spacial score (nSPS) is 10.8. The molecule has 0 bridgehead atoms. The highest BCUT2D eigenvalue weighted by molar-refractivity contribution is 7.18. The zero-order chi connectivity index (χ0) is 13.2. The molecule has 0 aliphatic heterocycles. The van der Waals surface area contributed by atoms with Crippen molar-refractivity contribution in [1.29, 1.82) is 0 Å². The fourth-order valence-electron chi connectivity index (χ4n) is 1.72. The number of nitrogens with zero attached hydrogens (tertiary/aromatic N) is 4. The molecule has 0 amide bonds. The van der Waals surface area contributed by atoms with Crippen molar-refractivity contribution in [3.05, 3.63) is 23.2 Å². The first kappa shape index (κ1) is 11.8. The minimum absolute atomic E-state index is 0.459. The molecule has 3 heterocycles. The number of aryl methyl sites for hydroxylation is 1. The second-order valence-corrected chi connectivity index (χ2v) is 5.16. The van der Waals surface area contributed by atoms with E-state index in [1.807, 2.05) is 6.92 Å². The van der Waals surface area contributed by atoms with Gasteiger partial charge in [0, 0.05) is 11.9 Å². The van der Waals surface area contributed by atoms with Crippen molar-refractivity contribution in [2.24, 2.45) is 0 Å². The van der Waals surface area contributed by atoms with E-state index in [1.54, 1.807) is 18.4 Å². The average molecular weight is 276 g/mol. The highest BCUT2D eigenvalue weighted by atomic mass is 32.1. The highest BCUT2D eigenvalue weighted by Crippen LogP contribution is 2.29. The molecule has 98 valence electrons. The number of rotatable bonds is 4. The van der Waals surface area contributed by atoms with Gasteiger partial charge in [-0.1, -0.05) is 5.16 Å². The molecule has 3 rings (SSSR count). The van der Waals surface area contributed by atoms with Crippen molar-refractivity contribution < 1.29 is 4.52 Å². The molecule has 7 nitrogen and oxygen atoms in total. The summed E-state index contributed by atoms with van der Waals surface area (Å²) in [7, 11) is 1.80. The van der Waals surface area contributed by atoms with Crippen LogP contribution >= 0.6 is 11.3 Å². The molecular formula is C11H12N6OS. The predicted octanol–water partition coefficient (Wildman–Crippen LogP) is 2.04. The van der Waals surface area contributed by atoms with Crippen LogP contribution < -0.4 is 10.6 Å². The summed E-state index contributed by atoms with van der Waals surface area (Å²) in [5, 5.41) is 10.9. The van der Waals surface area contributed by atoms with Crippen LogP contribution in [0.3, 0.4) is 0 Å². The van der Waals surface area contributed by atoms with Gasteiger partial charge in [-0.15, -0.1) is 11.3 Å². The summed E-state index contributed by atoms with van der Waals surface area (Å²) >= 11 is 1.64. The van der Waals surface area contributed by atoms with Gasteiger partial charge in [-0.05, 0) is 13.0 Å². The van der Waals surface area contributed by atoms with Crippen molar-refractivity contribution >= 4 is 33.3 Å². The fraction of sp³-hybridized carbons (Fsp3) is 0.273. The molecular weight excluding hydrogens is 264 g/mol. The molecule has 3 aromatic heterocycles. The Hall–Kier alpha value is -2.22. The summed E-state index contributed by atoms with van der Waals surface area (Å²) in [6.45, 7) is 2.51. The van der Waals surface area contributed by atoms with E-state index in [0.717, 1.165) is 16.0 Å². The molecule has 0 unspecified atom stereocenters. The molecule has 0 saturated heterocycles. The van der Waals surface area contributed by atoms with Gasteiger partial charge in [-0.2, -0.15) is 9.97 Å². The van der Waals surface area contributed by atoms with Crippen molar-refractivity contribution in [3.8, 4) is 0 Å². The van der Waals surface area contributed by atoms with Gasteiger partial charge in [0.1, 0.15) is 10.6 Å². The summed E-state index contributed by atoms with van der Waals surface area (Å²) in [6, 6.07) is 2.07. The van der Waals surface area contributed by atoms with E-state index in [-0.39, 0.29) is 0 Å². The van der Waals surface area contributed by atoms with Crippen LogP contribution in [0.25, 0.3) is 10.2 Å². The highest BCUT2D eigenvalue weighted by Gasteiger charge is 2.10. The summed E-state index contributed by atoms with van der Waals surface area (Å²) in [5.74, 6) is 1.94. The Labute approximate surface area is 113 Å². The summed E-state index contributed by atoms with van der Waals surface area (Å²) < 4.78 is 4.70. The third-order valence-corrected chi connectivity index (χ3v) is 3.50. The van der Waals surface area contributed by atoms with E-state index < -0.39 is 0 Å². The van der Waals surface area contributed by atoms with Gasteiger partial charge in [0.25, 0.3) is 0 Å². The van der Waals surface area contributed by atoms with E-state index in [9.17, 15) is 0 Å². The van der Waals surface area contributed by atoms with Crippen LogP contribution in [0.1, 0.15) is 10.7 Å². The zero-order valence-corrected chi connectivity index (χ0v) is 11.3. The standard InChI is InChI=1S/C11H12N6OS/c1-6-3-7-9(13-4-8-14-5-18-17-8)15-11(12-2)16-10(7)19-6/h3,5H,4H2,1-2H3,(H2,12,13,15,16). The molecule has 0 aromatic carbocycles. The van der Waals surface area contributed by atoms with E-state index >= 15 is 0 Å². The molecule has 0 aliphatic carbocycles. The average Bonchev–Trinajstić information content (AvgIpc) is 3.03. The third-order valence-electron chi connectivity index (χ3n) is 2.56. The van der Waals surface area contributed by atoms with Gasteiger partial charge in [-0.3, -0.25) is 0 Å². The summed E-state index contributed by atoms with van der Waals surface area (Å²) in [5.41, 5.74) is 0. The van der Waals surface area contributed by atoms with Crippen molar-refractivity contribution in [2.75, 3.05) is 17.7 Å². The predicted molar refractivity (Wildman–Crippen MR) is 73.3 cm³/mol. The maximum absolute atomic E-state index is 4.70. The van der Waals surface area contributed by atoms with Crippen molar-refractivity contribution in [3.63, 3.8) is 0 Å². The lowest BCUT2D eigenvalue weighted by Gasteiger charge is -2.06. The van der Waals surface area contributed by atoms with Crippen LogP contribution in [-0.4, -0.2) is 27.2 Å². The summed E-state index contributed by atoms with van der Waals surface area (Å²) in [6.07, 6.45) is 1.31. The minimum Gasteiger partial charge on any atom is -0.362 e. The lowest BCUT2D eigenvalue weighted by molar-refractivity contribution is 0.411. The van der Waals surface area contributed by atoms with Crippen LogP contribution in [0.2, 0.25) is 0 Å². The molecule has 8 heteroatoms. The van der Waals surface area contributed by atoms with Crippen molar-refractivity contribution in [1.82, 2.24) is 20.1 Å². The van der Waals surface area contributed by atoms with Crippen LogP contribution in [0.15, 0.2) is 17.0 Å². The number of nitrogens with one attached hydrogen (secondary N) is 2. The van der Waals surface area contributed by atoms with Gasteiger partial charge in [0.05, 0.1) is 11.9 Å². The molecule has 3 aromatic rings. The smallest absolute Gasteiger partial charge is 0.225 e. The lowest BCUT2D eigenvalue weighted by atomic mass is 10.3. The Balaban J connectivity index is 1.96. The van der Waals surface area contributed by atoms with E-state index in [4.69, 9.17) is 4.52 Å². The maximum atomic E-state index is 4.70. The number of thiophene rings is 1. The van der Waals surface area contributed by atoms with Gasteiger partial charge in [0.15, 0.2) is 5.82 Å². The Morgan fingerprint density at radius 2 is 2.26 bits per heavy atom. The van der Waals surface area contributed by atoms with Gasteiger partial charge in [0.2, 0.25) is 12.3 Å². The first-order valence-corrected chi connectivity index (χ1v) is 6.53. The van der Waals surface area contributed by atoms with Crippen LogP contribution in [-0.2, 0) is 6.54 Å². The molecule has 0 saturated carbocycles. The SMILES string of the molecule is CNc1nc(NCc2ncon2)c2cc(C)sc2n1. The van der Waals surface area contributed by atoms with E-state index in [0.29, 0.717) is 18.3 Å². The zero-order valence-electron chi connectivity index (χ0n) is 10.5. The topological polar surface area (TPSA) is 88.8 Å². The third kappa shape index (κ3) is 2.34. The monoisotopic (exact) mass is 276 g/mol. The number of anilines is 2.